The van der Waals surface area contributed by atoms with Crippen LogP contribution in [0, 0.1) is 11.7 Å². The number of amides is 4. The summed E-state index contributed by atoms with van der Waals surface area (Å²) in [7, 11) is -4.14. The molecule has 2 aliphatic heterocycles. The minimum absolute atomic E-state index is 0.0274. The zero-order valence-corrected chi connectivity index (χ0v) is 34.3. The number of nitrogens with one attached hydrogen (secondary N) is 3. The van der Waals surface area contributed by atoms with E-state index in [9.17, 15) is 53.9 Å². The Hall–Kier alpha value is -5.93. The lowest BCUT2D eigenvalue weighted by Crippen LogP contribution is -2.58. The molecule has 2 aromatic heterocycles. The maximum atomic E-state index is 14.8. The van der Waals surface area contributed by atoms with E-state index in [-0.39, 0.29) is 47.3 Å². The molecule has 3 fully saturated rings. The van der Waals surface area contributed by atoms with Crippen molar-refractivity contribution < 1.29 is 63.4 Å². The number of hydrogen-bond donors (Lipinski definition) is 3. The number of alkyl halides is 5. The SMILES string of the molecule is CC1(S(=O)(=O)NC(=O)[C@@]23C[C@H]2/C=C\CCCCC[C@H](NC(=O)c2ccn(C(F)F)n2)C(=O)N2C[C@H](Oc4nc5cc(OC(F)(F)F)ccc5c5ccc(F)cc45)C[C@H]2C(=O)N3)CC1. The Labute approximate surface area is 355 Å². The first kappa shape index (κ1) is 43.7. The lowest BCUT2D eigenvalue weighted by Gasteiger charge is -2.30. The van der Waals surface area contributed by atoms with E-state index in [1.54, 1.807) is 6.08 Å². The first-order chi connectivity index (χ1) is 29.8. The zero-order valence-electron chi connectivity index (χ0n) is 33.5. The van der Waals surface area contributed by atoms with Gasteiger partial charge in [0.1, 0.15) is 41.0 Å². The summed E-state index contributed by atoms with van der Waals surface area (Å²) in [5.41, 5.74) is -2.16. The third-order valence-electron chi connectivity index (χ3n) is 12.0. The van der Waals surface area contributed by atoms with Crippen LogP contribution in [0.15, 0.2) is 60.8 Å². The van der Waals surface area contributed by atoms with Crippen LogP contribution in [0.4, 0.5) is 26.3 Å². The molecule has 4 amide bonds. The number of hydrogen-bond acceptors (Lipinski definition) is 10. The van der Waals surface area contributed by atoms with E-state index < -0.39 is 98.2 Å². The van der Waals surface area contributed by atoms with E-state index in [1.807, 2.05) is 6.08 Å². The van der Waals surface area contributed by atoms with Crippen molar-refractivity contribution >= 4 is 55.3 Å². The van der Waals surface area contributed by atoms with Crippen LogP contribution in [-0.2, 0) is 24.4 Å². The van der Waals surface area contributed by atoms with E-state index in [1.165, 1.54) is 19.1 Å². The highest BCUT2D eigenvalue weighted by molar-refractivity contribution is 7.91. The standard InChI is InChI=1S/C41H41F6N7O8S/c1-39(14-15-39)63(59,60)52-37(58)40-20-22(40)7-5-3-2-4-6-8-30(48-33(55)29-13-16-54(51-29)38(43)44)36(57)53-21-25(19-32(53)34(56)50-40)61-35-28-17-23(42)9-11-26(28)27-12-10-24(18-31(27)49-35)62-41(45,46)47/h5,7,9-13,16-18,22,25,30,32,38H,2-4,6,8,14-15,19-21H2,1H3,(H,48,55)(H,50,56)(H,52,58)/b7-5-/t22-,25-,30+,32+,40-/m1/s1. The number of halogens is 6. The molecule has 4 heterocycles. The molecule has 5 atom stereocenters. The average Bonchev–Trinajstić information content (AvgIpc) is 3.98. The molecule has 0 unspecified atom stereocenters. The predicted molar refractivity (Wildman–Crippen MR) is 211 cm³/mol. The number of aromatic nitrogens is 3. The minimum atomic E-state index is -5.02. The van der Waals surface area contributed by atoms with Crippen molar-refractivity contribution in [3.63, 3.8) is 0 Å². The summed E-state index contributed by atoms with van der Waals surface area (Å²) in [4.78, 5) is 62.0. The van der Waals surface area contributed by atoms with Gasteiger partial charge < -0.3 is 25.0 Å². The summed E-state index contributed by atoms with van der Waals surface area (Å²) < 4.78 is 119. The van der Waals surface area contributed by atoms with Crippen molar-refractivity contribution in [3.8, 4) is 11.6 Å². The predicted octanol–water partition coefficient (Wildman–Crippen LogP) is 5.56. The lowest BCUT2D eigenvalue weighted by molar-refractivity contribution is -0.274. The van der Waals surface area contributed by atoms with Crippen LogP contribution >= 0.6 is 0 Å². The summed E-state index contributed by atoms with van der Waals surface area (Å²) in [5, 5.41) is 9.66. The first-order valence-electron chi connectivity index (χ1n) is 20.2. The van der Waals surface area contributed by atoms with E-state index in [0.29, 0.717) is 49.3 Å². The molecule has 336 valence electrons. The van der Waals surface area contributed by atoms with Crippen LogP contribution in [0.3, 0.4) is 0 Å². The molecular formula is C41H41F6N7O8S. The van der Waals surface area contributed by atoms with E-state index in [4.69, 9.17) is 4.74 Å². The van der Waals surface area contributed by atoms with Gasteiger partial charge in [-0.15, -0.1) is 13.2 Å². The molecule has 0 spiro atoms. The molecule has 2 aromatic carbocycles. The molecule has 63 heavy (non-hydrogen) atoms. The fourth-order valence-corrected chi connectivity index (χ4v) is 9.43. The van der Waals surface area contributed by atoms with Crippen LogP contribution < -0.4 is 24.8 Å². The topological polar surface area (TPSA) is 191 Å². The third-order valence-corrected chi connectivity index (χ3v) is 14.2. The Morgan fingerprint density at radius 3 is 2.49 bits per heavy atom. The highest BCUT2D eigenvalue weighted by atomic mass is 32.2. The Morgan fingerprint density at radius 2 is 1.78 bits per heavy atom. The van der Waals surface area contributed by atoms with Gasteiger partial charge in [-0.25, -0.2) is 22.5 Å². The summed E-state index contributed by atoms with van der Waals surface area (Å²) in [6.45, 7) is -1.92. The number of pyridine rings is 1. The van der Waals surface area contributed by atoms with Crippen molar-refractivity contribution in [2.24, 2.45) is 5.92 Å². The average molecular weight is 906 g/mol. The molecule has 15 nitrogen and oxygen atoms in total. The Bertz CT molecular complexity index is 2640. The van der Waals surface area contributed by atoms with Gasteiger partial charge in [-0.3, -0.25) is 23.9 Å². The van der Waals surface area contributed by atoms with Crippen molar-refractivity contribution in [1.29, 1.82) is 0 Å². The lowest BCUT2D eigenvalue weighted by atomic mass is 10.0. The number of fused-ring (bicyclic) bond motifs is 5. The molecule has 4 aromatic rings. The third kappa shape index (κ3) is 8.99. The second-order valence-electron chi connectivity index (χ2n) is 16.5. The largest absolute Gasteiger partial charge is 0.573 e. The van der Waals surface area contributed by atoms with Gasteiger partial charge >= 0.3 is 12.9 Å². The van der Waals surface area contributed by atoms with Gasteiger partial charge in [0.2, 0.25) is 27.7 Å². The monoisotopic (exact) mass is 905 g/mol. The van der Waals surface area contributed by atoms with Crippen molar-refractivity contribution in [1.82, 2.24) is 35.0 Å². The number of rotatable bonds is 9. The van der Waals surface area contributed by atoms with Gasteiger partial charge in [-0.1, -0.05) is 31.1 Å². The van der Waals surface area contributed by atoms with Gasteiger partial charge in [-0.2, -0.15) is 13.9 Å². The summed E-state index contributed by atoms with van der Waals surface area (Å²) in [6.07, 6.45) is 0.879. The molecule has 3 N–H and O–H groups in total. The Kier molecular flexibility index (Phi) is 11.3. The highest BCUT2D eigenvalue weighted by Crippen LogP contribution is 2.48. The first-order valence-corrected chi connectivity index (χ1v) is 21.7. The van der Waals surface area contributed by atoms with E-state index in [0.717, 1.165) is 41.4 Å². The summed E-state index contributed by atoms with van der Waals surface area (Å²) in [5.74, 6) is -5.74. The van der Waals surface area contributed by atoms with Crippen LogP contribution in [0.2, 0.25) is 0 Å². The second-order valence-corrected chi connectivity index (χ2v) is 18.7. The second kappa shape index (κ2) is 16.3. The fourth-order valence-electron chi connectivity index (χ4n) is 8.12. The Morgan fingerprint density at radius 1 is 1.02 bits per heavy atom. The van der Waals surface area contributed by atoms with Gasteiger partial charge in [0.15, 0.2) is 0 Å². The van der Waals surface area contributed by atoms with Gasteiger partial charge in [-0.05, 0) is 81.2 Å². The van der Waals surface area contributed by atoms with Gasteiger partial charge in [0.05, 0.1) is 16.8 Å². The molecule has 4 aliphatic rings. The molecule has 0 radical (unpaired) electrons. The molecule has 0 bridgehead atoms. The van der Waals surface area contributed by atoms with Crippen LogP contribution in [-0.4, -0.2) is 93.1 Å². The maximum Gasteiger partial charge on any atom is 0.573 e. The van der Waals surface area contributed by atoms with Gasteiger partial charge in [0.25, 0.3) is 11.8 Å². The number of ether oxygens (including phenoxy) is 2. The molecule has 2 saturated carbocycles. The maximum absolute atomic E-state index is 14.8. The number of carbonyl (C=O) groups is 4. The number of carbonyl (C=O) groups excluding carboxylic acids is 4. The summed E-state index contributed by atoms with van der Waals surface area (Å²) >= 11 is 0. The van der Waals surface area contributed by atoms with Crippen molar-refractivity contribution in [2.45, 2.75) is 106 Å². The number of benzene rings is 2. The number of sulfonamides is 1. The van der Waals surface area contributed by atoms with E-state index >= 15 is 0 Å². The van der Waals surface area contributed by atoms with Crippen LogP contribution in [0.1, 0.15) is 81.7 Å². The molecule has 22 heteroatoms. The normalized spacial score (nSPS) is 25.6. The van der Waals surface area contributed by atoms with Crippen LogP contribution in [0.25, 0.3) is 21.7 Å². The van der Waals surface area contributed by atoms with Crippen molar-refractivity contribution in [2.75, 3.05) is 6.54 Å². The van der Waals surface area contributed by atoms with E-state index in [2.05, 4.69) is 30.2 Å². The smallest absolute Gasteiger partial charge is 0.472 e. The van der Waals surface area contributed by atoms with Gasteiger partial charge in [0, 0.05) is 35.4 Å². The Balaban J connectivity index is 1.14. The molecular weight excluding hydrogens is 865 g/mol. The summed E-state index contributed by atoms with van der Waals surface area (Å²) in [6, 6.07) is 5.30. The number of allylic oxidation sites excluding steroid dienone is 1. The minimum Gasteiger partial charge on any atom is -0.472 e. The molecule has 2 aliphatic carbocycles. The quantitative estimate of drug-likeness (QED) is 0.109. The molecule has 8 rings (SSSR count). The zero-order chi connectivity index (χ0) is 45.1. The van der Waals surface area contributed by atoms with Crippen LogP contribution in [0.5, 0.6) is 11.6 Å². The molecule has 1 saturated heterocycles. The highest BCUT2D eigenvalue weighted by Gasteiger charge is 2.63. The number of nitrogens with zero attached hydrogens (tertiary/aromatic N) is 4. The fraction of sp³-hybridized carbons (Fsp3) is 0.463. The van der Waals surface area contributed by atoms with Crippen molar-refractivity contribution in [3.05, 3.63) is 72.3 Å².